The highest BCUT2D eigenvalue weighted by molar-refractivity contribution is 6.30. The Balaban J connectivity index is 1.78. The highest BCUT2D eigenvalue weighted by Gasteiger charge is 2.24. The number of benzene rings is 2. The van der Waals surface area contributed by atoms with E-state index in [2.05, 4.69) is 20.8 Å². The number of nitrogens with zero attached hydrogens (tertiary/aromatic N) is 2. The van der Waals surface area contributed by atoms with Crippen LogP contribution in [-0.4, -0.2) is 35.9 Å². The molecule has 31 heavy (non-hydrogen) atoms. The summed E-state index contributed by atoms with van der Waals surface area (Å²) >= 11 is 5.87. The maximum absolute atomic E-state index is 12.6. The molecule has 3 rings (SSSR count). The van der Waals surface area contributed by atoms with Gasteiger partial charge in [-0.2, -0.15) is 4.98 Å². The first kappa shape index (κ1) is 22.1. The Bertz CT molecular complexity index is 1020. The molecule has 0 saturated heterocycles. The van der Waals surface area contributed by atoms with E-state index in [0.717, 1.165) is 5.56 Å². The first-order chi connectivity index (χ1) is 15.0. The van der Waals surface area contributed by atoms with Gasteiger partial charge >= 0.3 is 17.9 Å². The topological polar surface area (TPSA) is 116 Å². The summed E-state index contributed by atoms with van der Waals surface area (Å²) in [6.07, 6.45) is 0.347. The minimum Gasteiger partial charge on any atom is -0.497 e. The maximum atomic E-state index is 12.6. The second-order valence-corrected chi connectivity index (χ2v) is 6.82. The van der Waals surface area contributed by atoms with Gasteiger partial charge in [0.15, 0.2) is 5.82 Å². The Morgan fingerprint density at radius 3 is 2.48 bits per heavy atom. The Hall–Kier alpha value is -3.59. The first-order valence-electron chi connectivity index (χ1n) is 9.45. The third kappa shape index (κ3) is 6.19. The van der Waals surface area contributed by atoms with E-state index in [0.29, 0.717) is 22.9 Å². The van der Waals surface area contributed by atoms with Crippen LogP contribution in [0.4, 0.5) is 10.5 Å². The standard InChI is InChI=1S/C21H21ClN4O5/c1-3-30-20(27)19-25-18(26-31-19)17(12-13-4-10-16(29-2)11-5-13)24-21(28)23-15-8-6-14(22)7-9-15/h4-11,17H,3,12H2,1-2H3,(H2,23,24,28). The number of anilines is 1. The third-order valence-electron chi connectivity index (χ3n) is 4.21. The van der Waals surface area contributed by atoms with E-state index in [1.807, 2.05) is 12.1 Å². The summed E-state index contributed by atoms with van der Waals surface area (Å²) < 4.78 is 15.1. The zero-order valence-electron chi connectivity index (χ0n) is 16.9. The summed E-state index contributed by atoms with van der Waals surface area (Å²) in [5, 5.41) is 9.93. The van der Waals surface area contributed by atoms with Crippen LogP contribution >= 0.6 is 11.6 Å². The van der Waals surface area contributed by atoms with Crippen LogP contribution in [0.2, 0.25) is 5.02 Å². The number of esters is 1. The fourth-order valence-electron chi connectivity index (χ4n) is 2.71. The van der Waals surface area contributed by atoms with Gasteiger partial charge in [0.25, 0.3) is 0 Å². The van der Waals surface area contributed by atoms with Crippen molar-refractivity contribution in [2.24, 2.45) is 0 Å². The number of aromatic nitrogens is 2. The molecule has 2 aromatic carbocycles. The number of urea groups is 1. The van der Waals surface area contributed by atoms with Gasteiger partial charge in [-0.25, -0.2) is 9.59 Å². The minimum absolute atomic E-state index is 0.144. The summed E-state index contributed by atoms with van der Waals surface area (Å²) in [7, 11) is 1.58. The molecule has 0 radical (unpaired) electrons. The molecule has 0 saturated carbocycles. The number of methoxy groups -OCH3 is 1. The number of hydrogen-bond donors (Lipinski definition) is 2. The highest BCUT2D eigenvalue weighted by Crippen LogP contribution is 2.20. The van der Waals surface area contributed by atoms with E-state index in [9.17, 15) is 9.59 Å². The van der Waals surface area contributed by atoms with Crippen molar-refractivity contribution in [2.45, 2.75) is 19.4 Å². The summed E-state index contributed by atoms with van der Waals surface area (Å²) in [6, 6.07) is 12.8. The quantitative estimate of drug-likeness (QED) is 0.504. The minimum atomic E-state index is -0.727. The van der Waals surface area contributed by atoms with Crippen molar-refractivity contribution in [1.82, 2.24) is 15.5 Å². The Morgan fingerprint density at radius 1 is 1.13 bits per heavy atom. The van der Waals surface area contributed by atoms with Crippen molar-refractivity contribution in [3.05, 3.63) is 70.8 Å². The van der Waals surface area contributed by atoms with Gasteiger partial charge in [-0.1, -0.05) is 28.9 Å². The van der Waals surface area contributed by atoms with Crippen molar-refractivity contribution in [1.29, 1.82) is 0 Å². The third-order valence-corrected chi connectivity index (χ3v) is 4.46. The van der Waals surface area contributed by atoms with E-state index in [1.165, 1.54) is 0 Å². The van der Waals surface area contributed by atoms with Crippen molar-refractivity contribution in [3.8, 4) is 5.75 Å². The second kappa shape index (κ2) is 10.4. The highest BCUT2D eigenvalue weighted by atomic mass is 35.5. The summed E-state index contributed by atoms with van der Waals surface area (Å²) in [5.74, 6) is -0.158. The fourth-order valence-corrected chi connectivity index (χ4v) is 2.84. The molecular weight excluding hydrogens is 424 g/mol. The first-order valence-corrected chi connectivity index (χ1v) is 9.83. The molecule has 9 nitrogen and oxygen atoms in total. The number of carbonyl (C=O) groups is 2. The molecule has 0 bridgehead atoms. The predicted octanol–water partition coefficient (Wildman–Crippen LogP) is 4.01. The maximum Gasteiger partial charge on any atom is 0.397 e. The molecule has 0 fully saturated rings. The molecule has 0 aliphatic rings. The van der Waals surface area contributed by atoms with Crippen LogP contribution in [-0.2, 0) is 11.2 Å². The van der Waals surface area contributed by atoms with Gasteiger partial charge in [0, 0.05) is 17.1 Å². The van der Waals surface area contributed by atoms with Gasteiger partial charge < -0.3 is 24.6 Å². The van der Waals surface area contributed by atoms with Crippen LogP contribution in [0.15, 0.2) is 53.1 Å². The number of carbonyl (C=O) groups excluding carboxylic acids is 2. The van der Waals surface area contributed by atoms with Crippen molar-refractivity contribution < 1.29 is 23.6 Å². The number of halogens is 1. The monoisotopic (exact) mass is 444 g/mol. The number of amides is 2. The van der Waals surface area contributed by atoms with Crippen molar-refractivity contribution >= 4 is 29.3 Å². The van der Waals surface area contributed by atoms with Crippen molar-refractivity contribution in [3.63, 3.8) is 0 Å². The molecule has 1 atom stereocenters. The summed E-state index contributed by atoms with van der Waals surface area (Å²) in [4.78, 5) is 28.5. The molecule has 1 aromatic heterocycles. The van der Waals surface area contributed by atoms with Gasteiger partial charge in [-0.3, -0.25) is 0 Å². The van der Waals surface area contributed by atoms with E-state index in [4.69, 9.17) is 25.6 Å². The predicted molar refractivity (Wildman–Crippen MR) is 113 cm³/mol. The summed E-state index contributed by atoms with van der Waals surface area (Å²) in [6.45, 7) is 1.85. The van der Waals surface area contributed by atoms with Crippen LogP contribution in [0.25, 0.3) is 0 Å². The molecule has 1 unspecified atom stereocenters. The zero-order valence-corrected chi connectivity index (χ0v) is 17.7. The number of hydrogen-bond acceptors (Lipinski definition) is 7. The average molecular weight is 445 g/mol. The van der Waals surface area contributed by atoms with Crippen LogP contribution in [0.3, 0.4) is 0 Å². The lowest BCUT2D eigenvalue weighted by atomic mass is 10.1. The zero-order chi connectivity index (χ0) is 22.2. The van der Waals surface area contributed by atoms with E-state index in [1.54, 1.807) is 50.4 Å². The smallest absolute Gasteiger partial charge is 0.397 e. The Kier molecular flexibility index (Phi) is 7.45. The molecule has 0 aliphatic heterocycles. The molecule has 10 heteroatoms. The Labute approximate surface area is 183 Å². The van der Waals surface area contributed by atoms with Gasteiger partial charge in [-0.05, 0) is 48.9 Å². The fraction of sp³-hybridized carbons (Fsp3) is 0.238. The molecule has 2 amide bonds. The van der Waals surface area contributed by atoms with Crippen molar-refractivity contribution in [2.75, 3.05) is 19.0 Å². The Morgan fingerprint density at radius 2 is 1.84 bits per heavy atom. The average Bonchev–Trinajstić information content (AvgIpc) is 3.26. The molecule has 1 heterocycles. The lowest BCUT2D eigenvalue weighted by Gasteiger charge is -2.16. The molecule has 0 spiro atoms. The SMILES string of the molecule is CCOC(=O)c1nc(C(Cc2ccc(OC)cc2)NC(=O)Nc2ccc(Cl)cc2)no1. The summed E-state index contributed by atoms with van der Waals surface area (Å²) in [5.41, 5.74) is 1.45. The molecule has 162 valence electrons. The molecule has 0 aliphatic carbocycles. The largest absolute Gasteiger partial charge is 0.497 e. The number of ether oxygens (including phenoxy) is 2. The molecule has 3 aromatic rings. The van der Waals surface area contributed by atoms with Crippen LogP contribution < -0.4 is 15.4 Å². The van der Waals surface area contributed by atoms with E-state index in [-0.39, 0.29) is 18.3 Å². The molecular formula is C21H21ClN4O5. The van der Waals surface area contributed by atoms with Gasteiger partial charge in [0.1, 0.15) is 5.75 Å². The van der Waals surface area contributed by atoms with Gasteiger partial charge in [0.05, 0.1) is 19.8 Å². The van der Waals surface area contributed by atoms with E-state index < -0.39 is 18.0 Å². The van der Waals surface area contributed by atoms with Gasteiger partial charge in [-0.15, -0.1) is 0 Å². The van der Waals surface area contributed by atoms with Crippen LogP contribution in [0.5, 0.6) is 5.75 Å². The number of nitrogens with one attached hydrogen (secondary N) is 2. The lowest BCUT2D eigenvalue weighted by Crippen LogP contribution is -2.34. The normalized spacial score (nSPS) is 11.5. The van der Waals surface area contributed by atoms with Crippen LogP contribution in [0, 0.1) is 0 Å². The van der Waals surface area contributed by atoms with E-state index >= 15 is 0 Å². The molecule has 2 N–H and O–H groups in total. The second-order valence-electron chi connectivity index (χ2n) is 6.39. The number of rotatable bonds is 8. The van der Waals surface area contributed by atoms with Crippen LogP contribution in [0.1, 0.15) is 35.0 Å². The lowest BCUT2D eigenvalue weighted by molar-refractivity contribution is 0.0470. The van der Waals surface area contributed by atoms with Gasteiger partial charge in [0.2, 0.25) is 0 Å².